The van der Waals surface area contributed by atoms with Gasteiger partial charge in [0.25, 0.3) is 21.4 Å². The average molecular weight is 457 g/mol. The van der Waals surface area contributed by atoms with Crippen molar-refractivity contribution in [1.82, 2.24) is 3.97 Å². The van der Waals surface area contributed by atoms with Crippen molar-refractivity contribution >= 4 is 43.6 Å². The Hall–Kier alpha value is -3.57. The highest BCUT2D eigenvalue weighted by atomic mass is 32.2. The number of benzene rings is 2. The van der Waals surface area contributed by atoms with Crippen molar-refractivity contribution in [1.29, 1.82) is 0 Å². The van der Waals surface area contributed by atoms with E-state index in [0.717, 1.165) is 26.5 Å². The van der Waals surface area contributed by atoms with Gasteiger partial charge in [0.2, 0.25) is 0 Å². The Morgan fingerprint density at radius 3 is 2.32 bits per heavy atom. The average Bonchev–Trinajstić information content (AvgIpc) is 3.36. The molecule has 0 saturated heterocycles. The fourth-order valence-electron chi connectivity index (χ4n) is 3.38. The minimum Gasteiger partial charge on any atom is -0.258 e. The third-order valence-electron chi connectivity index (χ3n) is 4.84. The summed E-state index contributed by atoms with van der Waals surface area (Å²) in [4.78, 5) is 22.5. The molecule has 0 amide bonds. The fraction of sp³-hybridized carbons (Fsp3) is 0.100. The van der Waals surface area contributed by atoms with Crippen LogP contribution in [0.15, 0.2) is 65.0 Å². The minimum atomic E-state index is -4.15. The topological polar surface area (TPSA) is 125 Å². The fourth-order valence-corrected chi connectivity index (χ4v) is 5.49. The SMILES string of the molecule is Cc1ccc(S(=O)(=O)n2cc(Cc3cccs3)c3c([N+](=O)[O-])cc([N+](=O)[O-])cc32)cc1. The molecule has 31 heavy (non-hydrogen) atoms. The van der Waals surface area contributed by atoms with E-state index in [0.29, 0.717) is 5.56 Å². The molecule has 0 spiro atoms. The van der Waals surface area contributed by atoms with Crippen LogP contribution in [0.2, 0.25) is 0 Å². The molecular weight excluding hydrogens is 442 g/mol. The minimum absolute atomic E-state index is 0.0215. The molecule has 0 fully saturated rings. The van der Waals surface area contributed by atoms with E-state index >= 15 is 0 Å². The van der Waals surface area contributed by atoms with Gasteiger partial charge in [0, 0.05) is 23.6 Å². The molecule has 0 aliphatic rings. The summed E-state index contributed by atoms with van der Waals surface area (Å²) in [5, 5.41) is 25.0. The van der Waals surface area contributed by atoms with E-state index in [9.17, 15) is 28.6 Å². The Labute approximate surface area is 180 Å². The molecule has 4 rings (SSSR count). The zero-order chi connectivity index (χ0) is 22.3. The molecule has 11 heteroatoms. The van der Waals surface area contributed by atoms with E-state index in [1.54, 1.807) is 12.1 Å². The molecule has 158 valence electrons. The number of nitro groups is 2. The first-order chi connectivity index (χ1) is 14.7. The number of nitro benzene ring substituents is 2. The molecule has 0 bridgehead atoms. The zero-order valence-electron chi connectivity index (χ0n) is 16.1. The summed E-state index contributed by atoms with van der Waals surface area (Å²) in [5.74, 6) is 0. The third kappa shape index (κ3) is 3.68. The van der Waals surface area contributed by atoms with Gasteiger partial charge in [0.15, 0.2) is 0 Å². The number of thiophene rings is 1. The molecule has 0 N–H and O–H groups in total. The molecule has 2 heterocycles. The summed E-state index contributed by atoms with van der Waals surface area (Å²) in [6.45, 7) is 1.81. The van der Waals surface area contributed by atoms with Crippen LogP contribution in [0.1, 0.15) is 16.0 Å². The van der Waals surface area contributed by atoms with Crippen LogP contribution in [0.3, 0.4) is 0 Å². The van der Waals surface area contributed by atoms with Crippen LogP contribution in [0.25, 0.3) is 10.9 Å². The second kappa shape index (κ2) is 7.60. The van der Waals surface area contributed by atoms with Crippen molar-refractivity contribution in [3.8, 4) is 0 Å². The van der Waals surface area contributed by atoms with Crippen LogP contribution in [0.4, 0.5) is 11.4 Å². The summed E-state index contributed by atoms with van der Waals surface area (Å²) < 4.78 is 27.6. The summed E-state index contributed by atoms with van der Waals surface area (Å²) in [6.07, 6.45) is 1.57. The van der Waals surface area contributed by atoms with E-state index < -0.39 is 31.2 Å². The van der Waals surface area contributed by atoms with Crippen molar-refractivity contribution in [3.05, 3.63) is 96.3 Å². The van der Waals surface area contributed by atoms with Gasteiger partial charge in [0.05, 0.1) is 31.7 Å². The highest BCUT2D eigenvalue weighted by Crippen LogP contribution is 2.37. The molecule has 0 aliphatic carbocycles. The zero-order valence-corrected chi connectivity index (χ0v) is 17.7. The molecule has 0 unspecified atom stereocenters. The van der Waals surface area contributed by atoms with Crippen molar-refractivity contribution in [3.63, 3.8) is 0 Å². The first kappa shape index (κ1) is 20.7. The lowest BCUT2D eigenvalue weighted by molar-refractivity contribution is -0.393. The molecular formula is C20H15N3O6S2. The maximum Gasteiger partial charge on any atom is 0.285 e. The van der Waals surface area contributed by atoms with Gasteiger partial charge in [-0.3, -0.25) is 20.2 Å². The Balaban J connectivity index is 2.06. The van der Waals surface area contributed by atoms with Gasteiger partial charge in [-0.2, -0.15) is 0 Å². The Morgan fingerprint density at radius 1 is 1.03 bits per heavy atom. The summed E-state index contributed by atoms with van der Waals surface area (Å²) in [5.41, 5.74) is 0.0951. The molecule has 4 aromatic rings. The van der Waals surface area contributed by atoms with Gasteiger partial charge < -0.3 is 0 Å². The highest BCUT2D eigenvalue weighted by Gasteiger charge is 2.29. The number of hydrogen-bond donors (Lipinski definition) is 0. The van der Waals surface area contributed by atoms with Gasteiger partial charge in [-0.1, -0.05) is 23.8 Å². The maximum absolute atomic E-state index is 13.4. The van der Waals surface area contributed by atoms with Gasteiger partial charge >= 0.3 is 0 Å². The number of rotatable bonds is 6. The molecule has 0 atom stereocenters. The van der Waals surface area contributed by atoms with E-state index in [1.807, 2.05) is 24.4 Å². The Morgan fingerprint density at radius 2 is 1.74 bits per heavy atom. The number of aromatic nitrogens is 1. The molecule has 0 saturated carbocycles. The normalized spacial score (nSPS) is 11.6. The smallest absolute Gasteiger partial charge is 0.258 e. The first-order valence-electron chi connectivity index (χ1n) is 9.00. The molecule has 2 aromatic heterocycles. The van der Waals surface area contributed by atoms with Gasteiger partial charge in [-0.25, -0.2) is 12.4 Å². The monoisotopic (exact) mass is 457 g/mol. The van der Waals surface area contributed by atoms with Crippen molar-refractivity contribution < 1.29 is 18.3 Å². The van der Waals surface area contributed by atoms with Crippen molar-refractivity contribution in [2.24, 2.45) is 0 Å². The number of hydrogen-bond acceptors (Lipinski definition) is 7. The standard InChI is InChI=1S/C20H15N3O6S2/c1-13-4-6-17(7-5-13)31(28,29)21-12-14(9-16-3-2-8-30-16)20-18(21)10-15(22(24)25)11-19(20)23(26)27/h2-8,10-12H,9H2,1H3. The Kier molecular flexibility index (Phi) is 5.07. The second-order valence-electron chi connectivity index (χ2n) is 6.90. The lowest BCUT2D eigenvalue weighted by atomic mass is 10.1. The van der Waals surface area contributed by atoms with E-state index in [-0.39, 0.29) is 22.2 Å². The summed E-state index contributed by atoms with van der Waals surface area (Å²) >= 11 is 1.43. The van der Waals surface area contributed by atoms with Gasteiger partial charge in [-0.15, -0.1) is 11.3 Å². The van der Waals surface area contributed by atoms with E-state index in [4.69, 9.17) is 0 Å². The van der Waals surface area contributed by atoms with Crippen molar-refractivity contribution in [2.45, 2.75) is 18.2 Å². The van der Waals surface area contributed by atoms with Crippen LogP contribution in [0.5, 0.6) is 0 Å². The van der Waals surface area contributed by atoms with Crippen LogP contribution < -0.4 is 0 Å². The summed E-state index contributed by atoms with van der Waals surface area (Å²) in [6, 6.07) is 11.7. The van der Waals surface area contributed by atoms with Gasteiger partial charge in [0.1, 0.15) is 0 Å². The molecule has 9 nitrogen and oxygen atoms in total. The van der Waals surface area contributed by atoms with Crippen LogP contribution in [-0.4, -0.2) is 22.2 Å². The number of aryl methyl sites for hydroxylation is 1. The van der Waals surface area contributed by atoms with Crippen LogP contribution in [0, 0.1) is 27.2 Å². The third-order valence-corrected chi connectivity index (χ3v) is 7.41. The molecule has 0 aliphatic heterocycles. The molecule has 2 aromatic carbocycles. The van der Waals surface area contributed by atoms with E-state index in [2.05, 4.69) is 0 Å². The number of fused-ring (bicyclic) bond motifs is 1. The van der Waals surface area contributed by atoms with Crippen LogP contribution >= 0.6 is 11.3 Å². The predicted octanol–water partition coefficient (Wildman–Crippen LogP) is 4.66. The largest absolute Gasteiger partial charge is 0.285 e. The first-order valence-corrected chi connectivity index (χ1v) is 11.3. The number of non-ortho nitro benzene ring substituents is 2. The quantitative estimate of drug-likeness (QED) is 0.306. The molecule has 0 radical (unpaired) electrons. The number of nitrogens with zero attached hydrogens (tertiary/aromatic N) is 3. The lowest BCUT2D eigenvalue weighted by Crippen LogP contribution is -2.12. The Bertz CT molecular complexity index is 1420. The van der Waals surface area contributed by atoms with Crippen LogP contribution in [-0.2, 0) is 16.4 Å². The van der Waals surface area contributed by atoms with Crippen molar-refractivity contribution in [2.75, 3.05) is 0 Å². The highest BCUT2D eigenvalue weighted by molar-refractivity contribution is 7.90. The summed E-state index contributed by atoms with van der Waals surface area (Å²) in [7, 11) is -4.15. The predicted molar refractivity (Wildman–Crippen MR) is 116 cm³/mol. The van der Waals surface area contributed by atoms with E-state index in [1.165, 1.54) is 29.7 Å². The lowest BCUT2D eigenvalue weighted by Gasteiger charge is -2.08. The van der Waals surface area contributed by atoms with Gasteiger partial charge in [-0.05, 0) is 36.1 Å². The maximum atomic E-state index is 13.4. The second-order valence-corrected chi connectivity index (χ2v) is 9.74.